The Morgan fingerprint density at radius 2 is 1.88 bits per heavy atom. The van der Waals surface area contributed by atoms with Crippen molar-refractivity contribution in [3.05, 3.63) is 54.6 Å². The van der Waals surface area contributed by atoms with Crippen LogP contribution in [0.15, 0.2) is 49.1 Å². The number of aromatic nitrogens is 2. The second-order valence-electron chi connectivity index (χ2n) is 4.49. The number of hydrogen-bond acceptors (Lipinski definition) is 0. The molecule has 0 aliphatic heterocycles. The summed E-state index contributed by atoms with van der Waals surface area (Å²) in [5.41, 5.74) is 1.48. The Balaban J connectivity index is 0.00000128. The average molecular weight is 237 g/mol. The fraction of sp³-hybridized carbons (Fsp3) is 0.308. The van der Waals surface area contributed by atoms with Gasteiger partial charge in [0.2, 0.25) is 6.33 Å². The number of H-pyrrole nitrogens is 1. The van der Waals surface area contributed by atoms with E-state index >= 15 is 0 Å². The van der Waals surface area contributed by atoms with Gasteiger partial charge in [0, 0.05) is 6.42 Å². The Kier molecular flexibility index (Phi) is 4.13. The van der Waals surface area contributed by atoms with Gasteiger partial charge in [0.1, 0.15) is 17.9 Å². The third kappa shape index (κ3) is 2.86. The first-order valence-electron chi connectivity index (χ1n) is 5.27. The summed E-state index contributed by atoms with van der Waals surface area (Å²) in [5, 5.41) is 0. The van der Waals surface area contributed by atoms with Crippen molar-refractivity contribution < 1.29 is 17.0 Å². The molecule has 86 valence electrons. The van der Waals surface area contributed by atoms with Crippen LogP contribution in [0.4, 0.5) is 0 Å². The van der Waals surface area contributed by atoms with Crippen LogP contribution < -0.4 is 17.0 Å². The first-order valence-corrected chi connectivity index (χ1v) is 5.27. The summed E-state index contributed by atoms with van der Waals surface area (Å²) >= 11 is 0. The zero-order valence-corrected chi connectivity index (χ0v) is 10.4. The lowest BCUT2D eigenvalue weighted by molar-refractivity contribution is -0.756. The Bertz CT molecular complexity index is 407. The molecule has 16 heavy (non-hydrogen) atoms. The van der Waals surface area contributed by atoms with Crippen molar-refractivity contribution in [2.45, 2.75) is 25.8 Å². The van der Waals surface area contributed by atoms with E-state index in [0.29, 0.717) is 0 Å². The molecule has 0 spiro atoms. The predicted octanol–water partition coefficient (Wildman–Crippen LogP) is -0.716. The van der Waals surface area contributed by atoms with Crippen LogP contribution in [0, 0.1) is 0 Å². The van der Waals surface area contributed by atoms with Gasteiger partial charge in [0.25, 0.3) is 0 Å². The van der Waals surface area contributed by atoms with E-state index in [4.69, 9.17) is 0 Å². The summed E-state index contributed by atoms with van der Waals surface area (Å²) in [6.45, 7) is 4.49. The number of halogens is 1. The lowest BCUT2D eigenvalue weighted by atomic mass is 9.95. The Labute approximate surface area is 103 Å². The molecule has 2 rings (SSSR count). The van der Waals surface area contributed by atoms with Crippen LogP contribution in [-0.4, -0.2) is 4.98 Å². The highest BCUT2D eigenvalue weighted by molar-refractivity contribution is 5.15. The van der Waals surface area contributed by atoms with Crippen LogP contribution >= 0.6 is 0 Å². The summed E-state index contributed by atoms with van der Waals surface area (Å²) in [6, 6.07) is 10.6. The summed E-state index contributed by atoms with van der Waals surface area (Å²) in [4.78, 5) is 3.08. The van der Waals surface area contributed by atoms with Crippen molar-refractivity contribution in [3.8, 4) is 0 Å². The standard InChI is InChI=1S/C13H16N2.ClH/c1-13(2,15-9-8-14-11-15)10-12-6-4-3-5-7-12;/h3-9,11H,10H2,1-2H3;1H. The zero-order valence-electron chi connectivity index (χ0n) is 9.65. The molecule has 1 N–H and O–H groups in total. The van der Waals surface area contributed by atoms with E-state index < -0.39 is 0 Å². The molecule has 0 unspecified atom stereocenters. The van der Waals surface area contributed by atoms with Gasteiger partial charge in [-0.05, 0) is 19.4 Å². The number of rotatable bonds is 3. The Hall–Kier alpha value is -1.28. The molecule has 1 heterocycles. The summed E-state index contributed by atoms with van der Waals surface area (Å²) in [5.74, 6) is 0. The molecule has 0 aliphatic carbocycles. The van der Waals surface area contributed by atoms with Crippen molar-refractivity contribution in [2.75, 3.05) is 0 Å². The molecule has 2 nitrogen and oxygen atoms in total. The first kappa shape index (κ1) is 12.8. The van der Waals surface area contributed by atoms with E-state index in [1.54, 1.807) is 0 Å². The van der Waals surface area contributed by atoms with Gasteiger partial charge in [0.15, 0.2) is 0 Å². The number of hydrogen-bond donors (Lipinski definition) is 1. The molecular formula is C13H17ClN2. The molecular weight excluding hydrogens is 220 g/mol. The maximum Gasteiger partial charge on any atom is 0.241 e. The van der Waals surface area contributed by atoms with Crippen LogP contribution in [0.1, 0.15) is 19.4 Å². The molecule has 0 amide bonds. The van der Waals surface area contributed by atoms with Gasteiger partial charge in [-0.15, -0.1) is 0 Å². The molecule has 1 aromatic carbocycles. The van der Waals surface area contributed by atoms with E-state index in [-0.39, 0.29) is 17.9 Å². The second-order valence-corrected chi connectivity index (χ2v) is 4.49. The molecule has 2 aromatic rings. The normalized spacial score (nSPS) is 10.9. The minimum Gasteiger partial charge on any atom is -1.00 e. The van der Waals surface area contributed by atoms with Crippen LogP contribution in [0.5, 0.6) is 0 Å². The summed E-state index contributed by atoms with van der Waals surface area (Å²) in [6.07, 6.45) is 7.06. The number of nitrogens with zero attached hydrogens (tertiary/aromatic N) is 1. The van der Waals surface area contributed by atoms with Crippen LogP contribution in [0.3, 0.4) is 0 Å². The fourth-order valence-corrected chi connectivity index (χ4v) is 1.85. The molecule has 3 heteroatoms. The smallest absolute Gasteiger partial charge is 0.241 e. The van der Waals surface area contributed by atoms with Crippen molar-refractivity contribution in [1.82, 2.24) is 4.98 Å². The van der Waals surface area contributed by atoms with Crippen LogP contribution in [0.2, 0.25) is 0 Å². The molecule has 0 fully saturated rings. The van der Waals surface area contributed by atoms with E-state index in [1.165, 1.54) is 5.56 Å². The highest BCUT2D eigenvalue weighted by Gasteiger charge is 2.24. The topological polar surface area (TPSA) is 19.7 Å². The van der Waals surface area contributed by atoms with Gasteiger partial charge in [-0.25, -0.2) is 4.57 Å². The number of nitrogens with one attached hydrogen (secondary N) is 1. The minimum atomic E-state index is 0. The third-order valence-corrected chi connectivity index (χ3v) is 2.72. The third-order valence-electron chi connectivity index (χ3n) is 2.72. The lowest BCUT2D eigenvalue weighted by Crippen LogP contribution is -3.00. The van der Waals surface area contributed by atoms with Gasteiger partial charge in [-0.2, -0.15) is 0 Å². The first-order chi connectivity index (χ1) is 7.18. The lowest BCUT2D eigenvalue weighted by Gasteiger charge is -2.21. The number of imidazole rings is 1. The van der Waals surface area contributed by atoms with Gasteiger partial charge < -0.3 is 12.4 Å². The van der Waals surface area contributed by atoms with Crippen molar-refractivity contribution in [1.29, 1.82) is 0 Å². The molecule has 0 atom stereocenters. The van der Waals surface area contributed by atoms with Gasteiger partial charge in [-0.3, -0.25) is 4.98 Å². The average Bonchev–Trinajstić information content (AvgIpc) is 2.71. The Morgan fingerprint density at radius 3 is 2.44 bits per heavy atom. The second kappa shape index (κ2) is 5.17. The van der Waals surface area contributed by atoms with Crippen LogP contribution in [0.25, 0.3) is 0 Å². The van der Waals surface area contributed by atoms with E-state index in [0.717, 1.165) is 6.42 Å². The largest absolute Gasteiger partial charge is 1.00 e. The molecule has 1 aromatic heterocycles. The molecule has 0 saturated heterocycles. The van der Waals surface area contributed by atoms with E-state index in [1.807, 2.05) is 12.5 Å². The minimum absolute atomic E-state index is 0. The number of aromatic amines is 1. The van der Waals surface area contributed by atoms with E-state index in [9.17, 15) is 0 Å². The quantitative estimate of drug-likeness (QED) is 0.680. The van der Waals surface area contributed by atoms with Gasteiger partial charge >= 0.3 is 0 Å². The van der Waals surface area contributed by atoms with E-state index in [2.05, 4.69) is 59.9 Å². The number of benzene rings is 1. The van der Waals surface area contributed by atoms with Crippen molar-refractivity contribution >= 4 is 0 Å². The van der Waals surface area contributed by atoms with Crippen LogP contribution in [-0.2, 0) is 12.0 Å². The van der Waals surface area contributed by atoms with Gasteiger partial charge in [0.05, 0.1) is 0 Å². The summed E-state index contributed by atoms with van der Waals surface area (Å²) in [7, 11) is 0. The fourth-order valence-electron chi connectivity index (χ4n) is 1.85. The zero-order chi connectivity index (χ0) is 10.7. The van der Waals surface area contributed by atoms with Gasteiger partial charge in [-0.1, -0.05) is 30.3 Å². The molecule has 0 aliphatic rings. The van der Waals surface area contributed by atoms with Crippen molar-refractivity contribution in [2.24, 2.45) is 0 Å². The maximum atomic E-state index is 3.08. The molecule has 0 bridgehead atoms. The summed E-state index contributed by atoms with van der Waals surface area (Å²) < 4.78 is 2.21. The molecule has 0 radical (unpaired) electrons. The monoisotopic (exact) mass is 236 g/mol. The maximum absolute atomic E-state index is 3.08. The highest BCUT2D eigenvalue weighted by atomic mass is 35.5. The highest BCUT2D eigenvalue weighted by Crippen LogP contribution is 2.14. The predicted molar refractivity (Wildman–Crippen MR) is 60.5 cm³/mol. The Morgan fingerprint density at radius 1 is 1.19 bits per heavy atom. The molecule has 0 saturated carbocycles. The SMILES string of the molecule is CC(C)(Cc1ccccc1)[n+]1cc[nH]c1.[Cl-]. The van der Waals surface area contributed by atoms with Crippen molar-refractivity contribution in [3.63, 3.8) is 0 Å².